The smallest absolute Gasteiger partial charge is 0.303 e. The maximum Gasteiger partial charge on any atom is 0.303 e. The number of carbonyl (C=O) groups excluding carboxylic acids is 1. The number of hydrogen-bond donors (Lipinski definition) is 1. The molecule has 3 nitrogen and oxygen atoms in total. The molecule has 0 amide bonds. The summed E-state index contributed by atoms with van der Waals surface area (Å²) in [6.07, 6.45) is 0.534. The van der Waals surface area contributed by atoms with E-state index in [0.29, 0.717) is 6.42 Å². The summed E-state index contributed by atoms with van der Waals surface area (Å²) in [5.41, 5.74) is 0. The van der Waals surface area contributed by atoms with Gasteiger partial charge in [0.2, 0.25) is 0 Å². The molecule has 0 rings (SSSR count). The van der Waals surface area contributed by atoms with E-state index < -0.39 is 5.97 Å². The lowest BCUT2D eigenvalue weighted by Gasteiger charge is -2.10. The first-order valence-electron chi connectivity index (χ1n) is 4.20. The molecule has 12 heavy (non-hydrogen) atoms. The van der Waals surface area contributed by atoms with Crippen LogP contribution >= 0.6 is 0 Å². The maximum atomic E-state index is 11.3. The zero-order valence-corrected chi connectivity index (χ0v) is 7.83. The molecular formula is C9H16O3. The predicted molar refractivity (Wildman–Crippen MR) is 45.9 cm³/mol. The molecule has 0 aromatic carbocycles. The number of carboxylic acids is 1. The Balaban J connectivity index is 3.79. The first-order valence-corrected chi connectivity index (χ1v) is 4.20. The molecule has 0 unspecified atom stereocenters. The molecule has 0 heterocycles. The van der Waals surface area contributed by atoms with E-state index in [2.05, 4.69) is 0 Å². The van der Waals surface area contributed by atoms with Crippen LogP contribution in [0.1, 0.15) is 33.6 Å². The summed E-state index contributed by atoms with van der Waals surface area (Å²) in [5.74, 6) is -0.801. The van der Waals surface area contributed by atoms with Gasteiger partial charge in [-0.3, -0.25) is 9.59 Å². The second-order valence-corrected chi connectivity index (χ2v) is 3.39. The standard InChI is InChI=1S/C9H16O3/c1-6(2)9(12)7(3)4-5-8(10)11/h6-7H,4-5H2,1-3H3,(H,10,11)/t7-/m0/s1. The Morgan fingerprint density at radius 2 is 1.75 bits per heavy atom. The molecule has 0 spiro atoms. The fourth-order valence-electron chi connectivity index (χ4n) is 1.05. The van der Waals surface area contributed by atoms with Gasteiger partial charge in [-0.2, -0.15) is 0 Å². The van der Waals surface area contributed by atoms with E-state index in [0.717, 1.165) is 0 Å². The summed E-state index contributed by atoms with van der Waals surface area (Å²) in [7, 11) is 0. The summed E-state index contributed by atoms with van der Waals surface area (Å²) >= 11 is 0. The average Bonchev–Trinajstić information content (AvgIpc) is 1.98. The number of aliphatic carboxylic acids is 1. The van der Waals surface area contributed by atoms with E-state index in [9.17, 15) is 9.59 Å². The maximum absolute atomic E-state index is 11.3. The summed E-state index contributed by atoms with van der Waals surface area (Å²) in [5, 5.41) is 8.37. The molecule has 0 aliphatic carbocycles. The Morgan fingerprint density at radius 3 is 2.08 bits per heavy atom. The molecule has 0 saturated heterocycles. The van der Waals surface area contributed by atoms with Gasteiger partial charge in [-0.25, -0.2) is 0 Å². The third-order valence-electron chi connectivity index (χ3n) is 1.85. The number of rotatable bonds is 5. The summed E-state index contributed by atoms with van der Waals surface area (Å²) in [6.45, 7) is 5.45. The first kappa shape index (κ1) is 11.1. The minimum Gasteiger partial charge on any atom is -0.481 e. The average molecular weight is 172 g/mol. The first-order chi connectivity index (χ1) is 5.45. The molecule has 0 saturated carbocycles. The summed E-state index contributed by atoms with van der Waals surface area (Å²) < 4.78 is 0. The Kier molecular flexibility index (Phi) is 4.55. The zero-order valence-electron chi connectivity index (χ0n) is 7.83. The largest absolute Gasteiger partial charge is 0.481 e. The van der Waals surface area contributed by atoms with Gasteiger partial charge in [-0.15, -0.1) is 0 Å². The highest BCUT2D eigenvalue weighted by atomic mass is 16.4. The fraction of sp³-hybridized carbons (Fsp3) is 0.778. The van der Waals surface area contributed by atoms with Crippen molar-refractivity contribution in [1.29, 1.82) is 0 Å². The quantitative estimate of drug-likeness (QED) is 0.686. The molecule has 0 bridgehead atoms. The van der Waals surface area contributed by atoms with Crippen molar-refractivity contribution in [2.24, 2.45) is 11.8 Å². The number of carboxylic acid groups (broad SMARTS) is 1. The lowest BCUT2D eigenvalue weighted by Crippen LogP contribution is -2.17. The summed E-state index contributed by atoms with van der Waals surface area (Å²) in [6, 6.07) is 0. The van der Waals surface area contributed by atoms with Gasteiger partial charge in [0.15, 0.2) is 0 Å². The van der Waals surface area contributed by atoms with Crippen LogP contribution in [0, 0.1) is 11.8 Å². The highest BCUT2D eigenvalue weighted by Gasteiger charge is 2.16. The molecule has 1 N–H and O–H groups in total. The van der Waals surface area contributed by atoms with Crippen LogP contribution in [0.25, 0.3) is 0 Å². The Hall–Kier alpha value is -0.860. The van der Waals surface area contributed by atoms with E-state index in [4.69, 9.17) is 5.11 Å². The minimum absolute atomic E-state index is 0.00814. The second-order valence-electron chi connectivity index (χ2n) is 3.39. The van der Waals surface area contributed by atoms with Crippen LogP contribution in [0.4, 0.5) is 0 Å². The van der Waals surface area contributed by atoms with Gasteiger partial charge in [-0.1, -0.05) is 20.8 Å². The van der Waals surface area contributed by atoms with Crippen molar-refractivity contribution in [2.75, 3.05) is 0 Å². The number of hydrogen-bond acceptors (Lipinski definition) is 2. The SMILES string of the molecule is CC(C)C(=O)[C@@H](C)CCC(=O)O. The van der Waals surface area contributed by atoms with E-state index in [1.165, 1.54) is 0 Å². The van der Waals surface area contributed by atoms with Crippen molar-refractivity contribution < 1.29 is 14.7 Å². The van der Waals surface area contributed by atoms with Gasteiger partial charge in [0.1, 0.15) is 5.78 Å². The van der Waals surface area contributed by atoms with Crippen molar-refractivity contribution >= 4 is 11.8 Å². The molecule has 0 aromatic heterocycles. The van der Waals surface area contributed by atoms with Gasteiger partial charge >= 0.3 is 5.97 Å². The molecule has 0 aliphatic rings. The van der Waals surface area contributed by atoms with Crippen molar-refractivity contribution in [3.8, 4) is 0 Å². The number of ketones is 1. The van der Waals surface area contributed by atoms with Gasteiger partial charge in [-0.05, 0) is 6.42 Å². The topological polar surface area (TPSA) is 54.4 Å². The van der Waals surface area contributed by atoms with Crippen LogP contribution in [-0.4, -0.2) is 16.9 Å². The van der Waals surface area contributed by atoms with Crippen LogP contribution in [0.2, 0.25) is 0 Å². The Labute approximate surface area is 72.8 Å². The molecule has 0 aliphatic heterocycles. The van der Waals surface area contributed by atoms with Crippen LogP contribution in [0.3, 0.4) is 0 Å². The second kappa shape index (κ2) is 4.91. The van der Waals surface area contributed by atoms with E-state index in [-0.39, 0.29) is 24.0 Å². The van der Waals surface area contributed by atoms with E-state index >= 15 is 0 Å². The lowest BCUT2D eigenvalue weighted by molar-refractivity contribution is -0.137. The van der Waals surface area contributed by atoms with Crippen molar-refractivity contribution in [3.63, 3.8) is 0 Å². The van der Waals surface area contributed by atoms with E-state index in [1.807, 2.05) is 13.8 Å². The third kappa shape index (κ3) is 4.11. The van der Waals surface area contributed by atoms with Gasteiger partial charge in [0.05, 0.1) is 0 Å². The zero-order chi connectivity index (χ0) is 9.72. The Bertz CT molecular complexity index is 173. The molecule has 0 radical (unpaired) electrons. The van der Waals surface area contributed by atoms with Gasteiger partial charge in [0, 0.05) is 18.3 Å². The van der Waals surface area contributed by atoms with Crippen LogP contribution in [0.5, 0.6) is 0 Å². The van der Waals surface area contributed by atoms with Gasteiger partial charge < -0.3 is 5.11 Å². The number of carbonyl (C=O) groups is 2. The van der Waals surface area contributed by atoms with Crippen molar-refractivity contribution in [1.82, 2.24) is 0 Å². The molecule has 70 valence electrons. The normalized spacial score (nSPS) is 13.0. The number of Topliss-reactive ketones (excluding diaryl/α,β-unsaturated/α-hetero) is 1. The summed E-state index contributed by atoms with van der Waals surface area (Å²) in [4.78, 5) is 21.4. The third-order valence-corrected chi connectivity index (χ3v) is 1.85. The van der Waals surface area contributed by atoms with Crippen LogP contribution in [0.15, 0.2) is 0 Å². The monoisotopic (exact) mass is 172 g/mol. The molecule has 1 atom stereocenters. The fourth-order valence-corrected chi connectivity index (χ4v) is 1.05. The van der Waals surface area contributed by atoms with E-state index in [1.54, 1.807) is 6.92 Å². The lowest BCUT2D eigenvalue weighted by atomic mass is 9.93. The molecule has 0 fully saturated rings. The highest BCUT2D eigenvalue weighted by molar-refractivity contribution is 5.82. The Morgan fingerprint density at radius 1 is 1.25 bits per heavy atom. The molecule has 0 aromatic rings. The highest BCUT2D eigenvalue weighted by Crippen LogP contribution is 2.12. The van der Waals surface area contributed by atoms with Crippen LogP contribution < -0.4 is 0 Å². The van der Waals surface area contributed by atoms with Gasteiger partial charge in [0.25, 0.3) is 0 Å². The molecular weight excluding hydrogens is 156 g/mol. The minimum atomic E-state index is -0.835. The molecule has 3 heteroatoms. The van der Waals surface area contributed by atoms with Crippen molar-refractivity contribution in [2.45, 2.75) is 33.6 Å². The van der Waals surface area contributed by atoms with Crippen molar-refractivity contribution in [3.05, 3.63) is 0 Å². The predicted octanol–water partition coefficient (Wildman–Crippen LogP) is 1.71. The van der Waals surface area contributed by atoms with Crippen LogP contribution in [-0.2, 0) is 9.59 Å².